The van der Waals surface area contributed by atoms with Crippen LogP contribution in [0.3, 0.4) is 0 Å². The average molecular weight is 571 g/mol. The van der Waals surface area contributed by atoms with Gasteiger partial charge in [0.25, 0.3) is 5.91 Å². The first-order valence-electron chi connectivity index (χ1n) is 14.5. The minimum absolute atomic E-state index is 0.0594. The molecule has 1 aromatic heterocycles. The van der Waals surface area contributed by atoms with Gasteiger partial charge in [-0.25, -0.2) is 4.98 Å². The molecule has 3 aliphatic heterocycles. The second-order valence-electron chi connectivity index (χ2n) is 13.0. The monoisotopic (exact) mass is 570 g/mol. The number of carbonyl (C=O) groups excluding carboxylic acids is 2. The Morgan fingerprint density at radius 3 is 2.46 bits per heavy atom. The van der Waals surface area contributed by atoms with E-state index in [0.717, 1.165) is 57.6 Å². The van der Waals surface area contributed by atoms with Crippen LogP contribution in [-0.2, 0) is 15.7 Å². The standard InChI is InChI=1S/C31H37F3N4O3/c1-29(2)13-24(29)28(40)38-18-30(19-38)17-37(16-23-5-4-12-41-23)15-22(30)14-35-27(39)26-7-3-6-25(36-26)20-8-10-21(11-9-20)31(32,33)34/h3,6-11,22-24H,4-5,12-19H2,1-2H3,(H,35,39)/t22-,23?,24-/m1/s1. The zero-order valence-electron chi connectivity index (χ0n) is 23.5. The molecular formula is C31H37F3N4O3. The Bertz CT molecular complexity index is 1300. The van der Waals surface area contributed by atoms with E-state index in [4.69, 9.17) is 4.74 Å². The van der Waals surface area contributed by atoms with Gasteiger partial charge in [-0.15, -0.1) is 0 Å². The highest BCUT2D eigenvalue weighted by atomic mass is 19.4. The van der Waals surface area contributed by atoms with Crippen molar-refractivity contribution in [1.82, 2.24) is 20.1 Å². The number of rotatable bonds is 7. The molecule has 220 valence electrons. The van der Waals surface area contributed by atoms with Crippen LogP contribution < -0.4 is 5.32 Å². The van der Waals surface area contributed by atoms with E-state index in [0.29, 0.717) is 30.9 Å². The number of nitrogens with zero attached hydrogens (tertiary/aromatic N) is 3. The van der Waals surface area contributed by atoms with Crippen LogP contribution >= 0.6 is 0 Å². The minimum Gasteiger partial charge on any atom is -0.377 e. The molecule has 6 rings (SSSR count). The number of aromatic nitrogens is 1. The van der Waals surface area contributed by atoms with Gasteiger partial charge in [-0.3, -0.25) is 14.5 Å². The van der Waals surface area contributed by atoms with Crippen molar-refractivity contribution >= 4 is 11.8 Å². The molecule has 4 fully saturated rings. The van der Waals surface area contributed by atoms with Gasteiger partial charge in [0.05, 0.1) is 17.4 Å². The molecule has 0 bridgehead atoms. The fourth-order valence-electron chi connectivity index (χ4n) is 6.84. The Morgan fingerprint density at radius 2 is 1.83 bits per heavy atom. The Morgan fingerprint density at radius 1 is 1.10 bits per heavy atom. The van der Waals surface area contributed by atoms with Crippen LogP contribution in [0.1, 0.15) is 49.2 Å². The molecule has 3 atom stereocenters. The maximum atomic E-state index is 13.2. The second kappa shape index (κ2) is 10.4. The Kier molecular flexibility index (Phi) is 7.13. The van der Waals surface area contributed by atoms with Gasteiger partial charge in [0.15, 0.2) is 0 Å². The third kappa shape index (κ3) is 5.73. The van der Waals surface area contributed by atoms with Crippen LogP contribution in [0.4, 0.5) is 13.2 Å². The van der Waals surface area contributed by atoms with E-state index in [2.05, 4.69) is 29.0 Å². The molecule has 2 amide bonds. The third-order valence-electron chi connectivity index (χ3n) is 9.50. The number of ether oxygens (including phenoxy) is 1. The minimum atomic E-state index is -4.41. The van der Waals surface area contributed by atoms with E-state index < -0.39 is 11.7 Å². The highest BCUT2D eigenvalue weighted by Gasteiger charge is 2.59. The van der Waals surface area contributed by atoms with E-state index in [1.54, 1.807) is 18.2 Å². The SMILES string of the molecule is CC1(C)C[C@@H]1C(=O)N1CC2(CN(CC3CCCO3)C[C@H]2CNC(=O)c2cccc(-c3ccc(C(F)(F)F)cc3)n2)C1. The highest BCUT2D eigenvalue weighted by Crippen LogP contribution is 2.54. The Labute approximate surface area is 238 Å². The van der Waals surface area contributed by atoms with Gasteiger partial charge in [-0.2, -0.15) is 13.2 Å². The Balaban J connectivity index is 1.11. The lowest BCUT2D eigenvalue weighted by atomic mass is 9.71. The maximum absolute atomic E-state index is 13.2. The molecule has 41 heavy (non-hydrogen) atoms. The number of likely N-dealkylation sites (tertiary alicyclic amines) is 2. The van der Waals surface area contributed by atoms with Crippen molar-refractivity contribution < 1.29 is 27.5 Å². The molecule has 2 aromatic rings. The smallest absolute Gasteiger partial charge is 0.377 e. The van der Waals surface area contributed by atoms with Crippen molar-refractivity contribution in [2.75, 3.05) is 45.9 Å². The van der Waals surface area contributed by atoms with Crippen LogP contribution in [-0.4, -0.2) is 78.6 Å². The van der Waals surface area contributed by atoms with Gasteiger partial charge in [0.1, 0.15) is 5.69 Å². The molecular weight excluding hydrogens is 533 g/mol. The van der Waals surface area contributed by atoms with Crippen molar-refractivity contribution in [3.63, 3.8) is 0 Å². The molecule has 7 nitrogen and oxygen atoms in total. The molecule has 1 saturated carbocycles. The summed E-state index contributed by atoms with van der Waals surface area (Å²) in [6, 6.07) is 9.73. The van der Waals surface area contributed by atoms with E-state index in [1.807, 2.05) is 4.90 Å². The average Bonchev–Trinajstić information content (AvgIpc) is 3.24. The second-order valence-corrected chi connectivity index (χ2v) is 13.0. The summed E-state index contributed by atoms with van der Waals surface area (Å²) >= 11 is 0. The molecule has 1 unspecified atom stereocenters. The van der Waals surface area contributed by atoms with Crippen molar-refractivity contribution in [3.05, 3.63) is 53.7 Å². The van der Waals surface area contributed by atoms with Crippen molar-refractivity contribution in [2.45, 2.75) is 45.4 Å². The zero-order valence-corrected chi connectivity index (χ0v) is 23.5. The van der Waals surface area contributed by atoms with Gasteiger partial charge in [-0.1, -0.05) is 32.0 Å². The number of hydrogen-bond acceptors (Lipinski definition) is 5. The third-order valence-corrected chi connectivity index (χ3v) is 9.50. The van der Waals surface area contributed by atoms with Crippen LogP contribution in [0.15, 0.2) is 42.5 Å². The number of carbonyl (C=O) groups is 2. The topological polar surface area (TPSA) is 74.8 Å². The van der Waals surface area contributed by atoms with Gasteiger partial charge >= 0.3 is 6.18 Å². The molecule has 4 aliphatic rings. The maximum Gasteiger partial charge on any atom is 0.416 e. The molecule has 10 heteroatoms. The number of alkyl halides is 3. The van der Waals surface area contributed by atoms with Crippen LogP contribution in [0, 0.1) is 22.7 Å². The van der Waals surface area contributed by atoms with Crippen molar-refractivity contribution in [2.24, 2.45) is 22.7 Å². The summed E-state index contributed by atoms with van der Waals surface area (Å²) in [5, 5.41) is 3.07. The summed E-state index contributed by atoms with van der Waals surface area (Å²) < 4.78 is 44.7. The fourth-order valence-corrected chi connectivity index (χ4v) is 6.84. The quantitative estimate of drug-likeness (QED) is 0.532. The summed E-state index contributed by atoms with van der Waals surface area (Å²) in [7, 11) is 0. The molecule has 4 heterocycles. The predicted molar refractivity (Wildman–Crippen MR) is 147 cm³/mol. The van der Waals surface area contributed by atoms with E-state index in [-0.39, 0.29) is 46.3 Å². The van der Waals surface area contributed by atoms with Crippen LogP contribution in [0.25, 0.3) is 11.3 Å². The van der Waals surface area contributed by atoms with E-state index in [1.165, 1.54) is 12.1 Å². The number of pyridine rings is 1. The zero-order chi connectivity index (χ0) is 29.0. The number of amides is 2. The number of nitrogens with one attached hydrogen (secondary N) is 1. The number of halogens is 3. The first-order chi connectivity index (χ1) is 19.4. The van der Waals surface area contributed by atoms with Gasteiger partial charge in [-0.05, 0) is 54.9 Å². The Hall–Kier alpha value is -2.98. The normalized spacial score (nSPS) is 26.7. The van der Waals surface area contributed by atoms with Gasteiger partial charge < -0.3 is 15.0 Å². The highest BCUT2D eigenvalue weighted by molar-refractivity contribution is 5.92. The molecule has 1 aromatic carbocycles. The van der Waals surface area contributed by atoms with E-state index >= 15 is 0 Å². The summed E-state index contributed by atoms with van der Waals surface area (Å²) in [4.78, 5) is 35.1. The van der Waals surface area contributed by atoms with Gasteiger partial charge in [0, 0.05) is 62.8 Å². The first-order valence-corrected chi connectivity index (χ1v) is 14.5. The fraction of sp³-hybridized carbons (Fsp3) is 0.581. The van der Waals surface area contributed by atoms with Crippen LogP contribution in [0.5, 0.6) is 0 Å². The largest absolute Gasteiger partial charge is 0.416 e. The lowest BCUT2D eigenvalue weighted by Crippen LogP contribution is -2.63. The first kappa shape index (κ1) is 28.2. The summed E-state index contributed by atoms with van der Waals surface area (Å²) in [5.41, 5.74) is 0.457. The van der Waals surface area contributed by atoms with Crippen molar-refractivity contribution in [3.8, 4) is 11.3 Å². The van der Waals surface area contributed by atoms with E-state index in [9.17, 15) is 22.8 Å². The molecule has 1 N–H and O–H groups in total. The summed E-state index contributed by atoms with van der Waals surface area (Å²) in [5.74, 6) is 0.233. The lowest BCUT2D eigenvalue weighted by Gasteiger charge is -2.51. The summed E-state index contributed by atoms with van der Waals surface area (Å²) in [6.45, 7) is 9.55. The number of benzene rings is 1. The van der Waals surface area contributed by atoms with Crippen molar-refractivity contribution in [1.29, 1.82) is 0 Å². The summed E-state index contributed by atoms with van der Waals surface area (Å²) in [6.07, 6.45) is -1.08. The molecule has 1 aliphatic carbocycles. The lowest BCUT2D eigenvalue weighted by molar-refractivity contribution is -0.147. The molecule has 3 saturated heterocycles. The predicted octanol–water partition coefficient (Wildman–Crippen LogP) is 4.48. The number of hydrogen-bond donors (Lipinski definition) is 1. The van der Waals surface area contributed by atoms with Crippen LogP contribution in [0.2, 0.25) is 0 Å². The molecule has 0 radical (unpaired) electrons. The van der Waals surface area contributed by atoms with Gasteiger partial charge in [0.2, 0.25) is 5.91 Å². The molecule has 1 spiro atoms.